The lowest BCUT2D eigenvalue weighted by Crippen LogP contribution is -2.22. The molecule has 5 nitrogen and oxygen atoms in total. The Bertz CT molecular complexity index is 354. The van der Waals surface area contributed by atoms with E-state index in [4.69, 9.17) is 10.3 Å². The Morgan fingerprint density at radius 2 is 2.00 bits per heavy atom. The minimum absolute atomic E-state index is 0.556. The second kappa shape index (κ2) is 5.66. The number of amides is 1. The van der Waals surface area contributed by atoms with Gasteiger partial charge < -0.3 is 10.3 Å². The fraction of sp³-hybridized carbons (Fsp3) is 0.222. The number of hydrogen-bond donors (Lipinski definition) is 1. The van der Waals surface area contributed by atoms with Crippen LogP contribution in [0.5, 0.6) is 0 Å². The number of carbonyl (C=O) groups excluding carboxylic acids is 1. The van der Waals surface area contributed by atoms with Gasteiger partial charge in [-0.15, -0.1) is 0 Å². The van der Waals surface area contributed by atoms with E-state index in [1.54, 1.807) is 30.3 Å². The summed E-state index contributed by atoms with van der Waals surface area (Å²) in [5.74, 6) is -0.698. The highest BCUT2D eigenvalue weighted by atomic mass is 31.1. The van der Waals surface area contributed by atoms with Crippen LogP contribution in [0.2, 0.25) is 0 Å². The Balaban J connectivity index is 2.84. The van der Waals surface area contributed by atoms with Gasteiger partial charge in [-0.3, -0.25) is 13.9 Å². The zero-order chi connectivity index (χ0) is 11.3. The first kappa shape index (κ1) is 11.9. The smallest absolute Gasteiger partial charge is 0.319 e. The molecule has 0 fully saturated rings. The molecule has 0 saturated heterocycles. The number of carbonyl (C=O) groups is 1. The quantitative estimate of drug-likeness (QED) is 0.771. The summed E-state index contributed by atoms with van der Waals surface area (Å²) in [6, 6.07) is 8.60. The van der Waals surface area contributed by atoms with Crippen molar-refractivity contribution in [3.8, 4) is 0 Å². The summed E-state index contributed by atoms with van der Waals surface area (Å²) in [6.07, 6.45) is -1.03. The molecule has 0 radical (unpaired) electrons. The van der Waals surface area contributed by atoms with Crippen molar-refractivity contribution in [3.05, 3.63) is 35.9 Å². The summed E-state index contributed by atoms with van der Waals surface area (Å²) in [6.45, 7) is 0. The van der Waals surface area contributed by atoms with E-state index < -0.39 is 20.3 Å². The Morgan fingerprint density at radius 1 is 1.40 bits per heavy atom. The lowest BCUT2D eigenvalue weighted by Gasteiger charge is -2.13. The summed E-state index contributed by atoms with van der Waals surface area (Å²) in [7, 11) is -1.43. The van der Waals surface area contributed by atoms with Crippen molar-refractivity contribution in [2.75, 3.05) is 7.11 Å². The molecule has 0 aromatic heterocycles. The molecule has 0 saturated carbocycles. The molecule has 0 aliphatic carbocycles. The van der Waals surface area contributed by atoms with Gasteiger partial charge in [0.05, 0.1) is 0 Å². The number of nitrogens with two attached hydrogens (primary N) is 1. The van der Waals surface area contributed by atoms with Crippen LogP contribution in [-0.4, -0.2) is 13.0 Å². The third kappa shape index (κ3) is 3.47. The molecule has 2 unspecified atom stereocenters. The Kier molecular flexibility index (Phi) is 4.49. The lowest BCUT2D eigenvalue weighted by molar-refractivity contribution is -0.125. The summed E-state index contributed by atoms with van der Waals surface area (Å²) in [5.41, 5.74) is 5.69. The SMILES string of the molecule is CO[PH](=O)OC(C(N)=O)c1ccccc1. The molecule has 82 valence electrons. The molecule has 0 spiro atoms. The van der Waals surface area contributed by atoms with Crippen molar-refractivity contribution >= 4 is 14.2 Å². The molecular weight excluding hydrogens is 217 g/mol. The molecule has 2 N–H and O–H groups in total. The molecule has 1 amide bonds. The van der Waals surface area contributed by atoms with Crippen LogP contribution in [0.4, 0.5) is 0 Å². The lowest BCUT2D eigenvalue weighted by atomic mass is 10.1. The minimum atomic E-state index is -2.67. The van der Waals surface area contributed by atoms with Crippen molar-refractivity contribution < 1.29 is 18.4 Å². The third-order valence-electron chi connectivity index (χ3n) is 1.74. The number of benzene rings is 1. The molecule has 15 heavy (non-hydrogen) atoms. The van der Waals surface area contributed by atoms with Crippen LogP contribution in [0.15, 0.2) is 30.3 Å². The average molecular weight is 229 g/mol. The number of primary amides is 1. The van der Waals surface area contributed by atoms with Gasteiger partial charge in [0.25, 0.3) is 5.91 Å². The molecule has 1 aromatic rings. The van der Waals surface area contributed by atoms with E-state index in [1.807, 2.05) is 0 Å². The maximum Gasteiger partial charge on any atom is 0.319 e. The molecule has 0 aliphatic heterocycles. The number of hydrogen-bond acceptors (Lipinski definition) is 4. The van der Waals surface area contributed by atoms with Crippen LogP contribution in [0.25, 0.3) is 0 Å². The second-order valence-corrected chi connectivity index (χ2v) is 3.91. The molecule has 6 heteroatoms. The van der Waals surface area contributed by atoms with Crippen molar-refractivity contribution in [2.45, 2.75) is 6.10 Å². The first-order valence-corrected chi connectivity index (χ1v) is 5.46. The largest absolute Gasteiger partial charge is 0.367 e. The van der Waals surface area contributed by atoms with Gasteiger partial charge in [0, 0.05) is 7.11 Å². The Morgan fingerprint density at radius 3 is 2.47 bits per heavy atom. The van der Waals surface area contributed by atoms with Crippen molar-refractivity contribution in [2.24, 2.45) is 5.73 Å². The minimum Gasteiger partial charge on any atom is -0.367 e. The normalized spacial score (nSPS) is 14.5. The maximum absolute atomic E-state index is 11.1. The van der Waals surface area contributed by atoms with E-state index >= 15 is 0 Å². The van der Waals surface area contributed by atoms with E-state index in [2.05, 4.69) is 4.52 Å². The zero-order valence-electron chi connectivity index (χ0n) is 8.17. The standard InChI is InChI=1S/C9H12NO4P/c1-13-15(12)14-8(9(10)11)7-5-3-2-4-6-7/h2-6,8,15H,1H3,(H2,10,11). The Labute approximate surface area is 88.1 Å². The highest BCUT2D eigenvalue weighted by molar-refractivity contribution is 7.33. The summed E-state index contributed by atoms with van der Waals surface area (Å²) in [4.78, 5) is 11.1. The highest BCUT2D eigenvalue weighted by Crippen LogP contribution is 2.31. The van der Waals surface area contributed by atoms with Gasteiger partial charge in [-0.1, -0.05) is 30.3 Å². The van der Waals surface area contributed by atoms with E-state index in [1.165, 1.54) is 7.11 Å². The van der Waals surface area contributed by atoms with Crippen LogP contribution in [0, 0.1) is 0 Å². The molecule has 0 heterocycles. The summed E-state index contributed by atoms with van der Waals surface area (Å²) >= 11 is 0. The predicted octanol–water partition coefficient (Wildman–Crippen LogP) is 1.27. The average Bonchev–Trinajstić information content (AvgIpc) is 2.26. The van der Waals surface area contributed by atoms with Gasteiger partial charge in [-0.2, -0.15) is 0 Å². The second-order valence-electron chi connectivity index (χ2n) is 2.77. The zero-order valence-corrected chi connectivity index (χ0v) is 9.17. The Hall–Kier alpha value is -1.16. The predicted molar refractivity (Wildman–Crippen MR) is 55.5 cm³/mol. The van der Waals surface area contributed by atoms with E-state index in [-0.39, 0.29) is 0 Å². The first-order chi connectivity index (χ1) is 7.15. The molecular formula is C9H12NO4P. The molecule has 0 aliphatic rings. The van der Waals surface area contributed by atoms with Gasteiger partial charge in [0.15, 0.2) is 6.10 Å². The van der Waals surface area contributed by atoms with E-state index in [9.17, 15) is 9.36 Å². The maximum atomic E-state index is 11.1. The molecule has 0 bridgehead atoms. The molecule has 1 rings (SSSR count). The van der Waals surface area contributed by atoms with Crippen molar-refractivity contribution in [3.63, 3.8) is 0 Å². The fourth-order valence-electron chi connectivity index (χ4n) is 1.06. The van der Waals surface area contributed by atoms with Crippen LogP contribution >= 0.6 is 8.25 Å². The van der Waals surface area contributed by atoms with Gasteiger partial charge in [0.1, 0.15) is 0 Å². The van der Waals surface area contributed by atoms with Gasteiger partial charge in [-0.25, -0.2) is 0 Å². The summed E-state index contributed by atoms with van der Waals surface area (Å²) in [5, 5.41) is 0. The molecule has 1 aromatic carbocycles. The summed E-state index contributed by atoms with van der Waals surface area (Å²) < 4.78 is 20.4. The molecule has 2 atom stereocenters. The topological polar surface area (TPSA) is 78.6 Å². The van der Waals surface area contributed by atoms with E-state index in [0.29, 0.717) is 5.56 Å². The monoisotopic (exact) mass is 229 g/mol. The highest BCUT2D eigenvalue weighted by Gasteiger charge is 2.20. The van der Waals surface area contributed by atoms with Crippen molar-refractivity contribution in [1.29, 1.82) is 0 Å². The third-order valence-corrected chi connectivity index (χ3v) is 2.50. The van der Waals surface area contributed by atoms with E-state index in [0.717, 1.165) is 0 Å². The van der Waals surface area contributed by atoms with Crippen LogP contribution < -0.4 is 5.73 Å². The van der Waals surface area contributed by atoms with Gasteiger partial charge in [-0.05, 0) is 5.56 Å². The van der Waals surface area contributed by atoms with Crippen LogP contribution in [-0.2, 0) is 18.4 Å². The van der Waals surface area contributed by atoms with Crippen LogP contribution in [0.3, 0.4) is 0 Å². The van der Waals surface area contributed by atoms with Gasteiger partial charge in [0.2, 0.25) is 0 Å². The number of rotatable bonds is 5. The van der Waals surface area contributed by atoms with Gasteiger partial charge >= 0.3 is 8.25 Å². The van der Waals surface area contributed by atoms with Crippen molar-refractivity contribution in [1.82, 2.24) is 0 Å². The first-order valence-electron chi connectivity index (χ1n) is 4.24. The fourth-order valence-corrected chi connectivity index (χ4v) is 1.60. The van der Waals surface area contributed by atoms with Crippen LogP contribution in [0.1, 0.15) is 11.7 Å².